The van der Waals surface area contributed by atoms with Crippen LogP contribution in [-0.2, 0) is 23.7 Å². The number of rotatable bonds is 20. The van der Waals surface area contributed by atoms with Gasteiger partial charge in [0.2, 0.25) is 0 Å². The first-order valence-electron chi connectivity index (χ1n) is 12.1. The van der Waals surface area contributed by atoms with Crippen LogP contribution < -0.4 is 0 Å². The Labute approximate surface area is 192 Å². The molecule has 5 heteroatoms. The SMILES string of the molecule is CC/C(C)=C/OCC(C)COC/C(C)=C/OCC(C)COCC(C)COCC(C)CC. The maximum atomic E-state index is 5.82. The van der Waals surface area contributed by atoms with Gasteiger partial charge >= 0.3 is 0 Å². The molecular formula is C26H50O5. The highest BCUT2D eigenvalue weighted by Gasteiger charge is 2.08. The molecule has 0 aromatic rings. The van der Waals surface area contributed by atoms with E-state index in [0.29, 0.717) is 56.7 Å². The van der Waals surface area contributed by atoms with Crippen LogP contribution in [0.25, 0.3) is 0 Å². The first kappa shape index (κ1) is 30.0. The molecule has 0 bridgehead atoms. The zero-order valence-corrected chi connectivity index (χ0v) is 21.6. The number of hydrogen-bond donors (Lipinski definition) is 0. The Kier molecular flexibility index (Phi) is 19.0. The van der Waals surface area contributed by atoms with Crippen LogP contribution >= 0.6 is 0 Å². The van der Waals surface area contributed by atoms with Gasteiger partial charge in [-0.1, -0.05) is 48.0 Å². The van der Waals surface area contributed by atoms with Crippen LogP contribution in [0.15, 0.2) is 23.7 Å². The fourth-order valence-electron chi connectivity index (χ4n) is 2.45. The van der Waals surface area contributed by atoms with Crippen LogP contribution in [0.3, 0.4) is 0 Å². The Balaban J connectivity index is 3.76. The van der Waals surface area contributed by atoms with Crippen LogP contribution in [-0.4, -0.2) is 52.9 Å². The summed E-state index contributed by atoms with van der Waals surface area (Å²) in [5.41, 5.74) is 2.33. The largest absolute Gasteiger partial charge is 0.501 e. The van der Waals surface area contributed by atoms with Gasteiger partial charge in [-0.2, -0.15) is 0 Å². The molecular weight excluding hydrogens is 392 g/mol. The average Bonchev–Trinajstić information content (AvgIpc) is 2.73. The van der Waals surface area contributed by atoms with Gasteiger partial charge in [-0.05, 0) is 37.3 Å². The van der Waals surface area contributed by atoms with E-state index in [2.05, 4.69) is 48.5 Å². The second kappa shape index (κ2) is 19.6. The molecule has 0 rings (SSSR count). The summed E-state index contributed by atoms with van der Waals surface area (Å²) in [5.74, 6) is 1.74. The van der Waals surface area contributed by atoms with Gasteiger partial charge in [-0.3, -0.25) is 0 Å². The molecule has 0 aromatic heterocycles. The lowest BCUT2D eigenvalue weighted by Gasteiger charge is -2.17. The van der Waals surface area contributed by atoms with Crippen molar-refractivity contribution in [2.75, 3.05) is 52.9 Å². The van der Waals surface area contributed by atoms with E-state index in [9.17, 15) is 0 Å². The highest BCUT2D eigenvalue weighted by atomic mass is 16.5. The molecule has 184 valence electrons. The van der Waals surface area contributed by atoms with Gasteiger partial charge in [0.15, 0.2) is 0 Å². The Hall–Kier alpha value is -1.04. The van der Waals surface area contributed by atoms with Crippen molar-refractivity contribution < 1.29 is 23.7 Å². The molecule has 0 aliphatic carbocycles. The quantitative estimate of drug-likeness (QED) is 0.209. The van der Waals surface area contributed by atoms with E-state index in [0.717, 1.165) is 38.2 Å². The van der Waals surface area contributed by atoms with E-state index < -0.39 is 0 Å². The Morgan fingerprint density at radius 3 is 1.48 bits per heavy atom. The fraction of sp³-hybridized carbons (Fsp3) is 0.846. The lowest BCUT2D eigenvalue weighted by atomic mass is 10.1. The van der Waals surface area contributed by atoms with Crippen molar-refractivity contribution in [3.63, 3.8) is 0 Å². The molecule has 0 aromatic carbocycles. The molecule has 0 aliphatic heterocycles. The molecule has 5 nitrogen and oxygen atoms in total. The van der Waals surface area contributed by atoms with Crippen molar-refractivity contribution in [3.8, 4) is 0 Å². The third-order valence-electron chi connectivity index (χ3n) is 4.93. The molecule has 0 radical (unpaired) electrons. The molecule has 4 atom stereocenters. The third kappa shape index (κ3) is 19.4. The number of ether oxygens (including phenoxy) is 5. The molecule has 0 heterocycles. The highest BCUT2D eigenvalue weighted by molar-refractivity contribution is 4.93. The lowest BCUT2D eigenvalue weighted by Crippen LogP contribution is -2.19. The predicted molar refractivity (Wildman–Crippen MR) is 129 cm³/mol. The fourth-order valence-corrected chi connectivity index (χ4v) is 2.45. The summed E-state index contributed by atoms with van der Waals surface area (Å²) in [4.78, 5) is 0. The maximum absolute atomic E-state index is 5.82. The van der Waals surface area contributed by atoms with Crippen molar-refractivity contribution in [3.05, 3.63) is 23.7 Å². The molecule has 0 aliphatic rings. The second-order valence-electron chi connectivity index (χ2n) is 9.37. The smallest absolute Gasteiger partial charge is 0.0920 e. The normalized spacial score (nSPS) is 16.6. The zero-order chi connectivity index (χ0) is 23.5. The van der Waals surface area contributed by atoms with Gasteiger partial charge in [0.25, 0.3) is 0 Å². The summed E-state index contributed by atoms with van der Waals surface area (Å²) < 4.78 is 28.6. The Morgan fingerprint density at radius 2 is 1.00 bits per heavy atom. The Morgan fingerprint density at radius 1 is 0.581 bits per heavy atom. The summed E-state index contributed by atoms with van der Waals surface area (Å²) in [6, 6.07) is 0. The van der Waals surface area contributed by atoms with E-state index in [1.165, 1.54) is 5.57 Å². The lowest BCUT2D eigenvalue weighted by molar-refractivity contribution is 0.0179. The van der Waals surface area contributed by atoms with E-state index in [-0.39, 0.29) is 0 Å². The minimum absolute atomic E-state index is 0.343. The standard InChI is InChI=1S/C26H50O5/c1-9-21(3)11-27-13-23(5)15-29-17-25(7)19-31-20-26(8)18-30-16-24(6)14-28-12-22(4)10-2/h11,19,22-24,26H,9-10,12-18,20H2,1-8H3/b21-11+,25-19+. The molecule has 0 saturated carbocycles. The number of allylic oxidation sites excluding steroid dienone is 1. The predicted octanol–water partition coefficient (Wildman–Crippen LogP) is 6.24. The van der Waals surface area contributed by atoms with Crippen LogP contribution in [0, 0.1) is 23.7 Å². The summed E-state index contributed by atoms with van der Waals surface area (Å²) in [6.07, 6.45) is 5.83. The topological polar surface area (TPSA) is 46.2 Å². The zero-order valence-electron chi connectivity index (χ0n) is 21.6. The van der Waals surface area contributed by atoms with Crippen molar-refractivity contribution in [1.29, 1.82) is 0 Å². The van der Waals surface area contributed by atoms with E-state index >= 15 is 0 Å². The van der Waals surface area contributed by atoms with E-state index in [1.807, 2.05) is 13.2 Å². The van der Waals surface area contributed by atoms with Crippen LogP contribution in [0.5, 0.6) is 0 Å². The molecule has 0 spiro atoms. The first-order chi connectivity index (χ1) is 14.8. The van der Waals surface area contributed by atoms with Gasteiger partial charge in [0.1, 0.15) is 0 Å². The minimum atomic E-state index is 0.343. The minimum Gasteiger partial charge on any atom is -0.501 e. The monoisotopic (exact) mass is 442 g/mol. The van der Waals surface area contributed by atoms with Gasteiger partial charge in [-0.25, -0.2) is 0 Å². The van der Waals surface area contributed by atoms with Gasteiger partial charge in [0, 0.05) is 24.4 Å². The molecule has 0 saturated heterocycles. The van der Waals surface area contributed by atoms with E-state index in [1.54, 1.807) is 6.26 Å². The summed E-state index contributed by atoms with van der Waals surface area (Å²) >= 11 is 0. The summed E-state index contributed by atoms with van der Waals surface area (Å²) in [6.45, 7) is 22.7. The van der Waals surface area contributed by atoms with Crippen molar-refractivity contribution >= 4 is 0 Å². The average molecular weight is 443 g/mol. The van der Waals surface area contributed by atoms with E-state index in [4.69, 9.17) is 23.7 Å². The molecule has 0 fully saturated rings. The van der Waals surface area contributed by atoms with Crippen molar-refractivity contribution in [2.24, 2.45) is 23.7 Å². The Bertz CT molecular complexity index is 474. The van der Waals surface area contributed by atoms with Gasteiger partial charge in [0.05, 0.1) is 58.8 Å². The molecule has 0 amide bonds. The highest BCUT2D eigenvalue weighted by Crippen LogP contribution is 2.07. The summed E-state index contributed by atoms with van der Waals surface area (Å²) in [7, 11) is 0. The van der Waals surface area contributed by atoms with Crippen LogP contribution in [0.2, 0.25) is 0 Å². The third-order valence-corrected chi connectivity index (χ3v) is 4.93. The molecule has 31 heavy (non-hydrogen) atoms. The van der Waals surface area contributed by atoms with Crippen LogP contribution in [0.4, 0.5) is 0 Å². The van der Waals surface area contributed by atoms with Gasteiger partial charge < -0.3 is 23.7 Å². The molecule has 0 N–H and O–H groups in total. The van der Waals surface area contributed by atoms with Gasteiger partial charge in [-0.15, -0.1) is 0 Å². The van der Waals surface area contributed by atoms with Crippen molar-refractivity contribution in [1.82, 2.24) is 0 Å². The second-order valence-corrected chi connectivity index (χ2v) is 9.37. The maximum Gasteiger partial charge on any atom is 0.0920 e. The van der Waals surface area contributed by atoms with Crippen molar-refractivity contribution in [2.45, 2.75) is 68.2 Å². The van der Waals surface area contributed by atoms with Crippen LogP contribution in [0.1, 0.15) is 68.2 Å². The molecule has 4 unspecified atom stereocenters. The first-order valence-corrected chi connectivity index (χ1v) is 12.1. The number of hydrogen-bond acceptors (Lipinski definition) is 5. The summed E-state index contributed by atoms with van der Waals surface area (Å²) in [5, 5.41) is 0.